The Kier molecular flexibility index (Phi) is 3.50. The number of anilines is 1. The van der Waals surface area contributed by atoms with Crippen molar-refractivity contribution in [3.05, 3.63) is 11.9 Å². The molecule has 1 amide bonds. The molecule has 0 bridgehead atoms. The van der Waals surface area contributed by atoms with Crippen LogP contribution in [0.3, 0.4) is 0 Å². The summed E-state index contributed by atoms with van der Waals surface area (Å²) in [5, 5.41) is 5.73. The summed E-state index contributed by atoms with van der Waals surface area (Å²) in [5.74, 6) is 0.820. The maximum absolute atomic E-state index is 10.6. The molecule has 1 aromatic heterocycles. The van der Waals surface area contributed by atoms with E-state index >= 15 is 0 Å². The van der Waals surface area contributed by atoms with E-state index in [1.165, 1.54) is 6.92 Å². The first-order chi connectivity index (χ1) is 6.63. The van der Waals surface area contributed by atoms with E-state index in [1.54, 1.807) is 0 Å². The van der Waals surface area contributed by atoms with Gasteiger partial charge in [-0.2, -0.15) is 0 Å². The molecule has 0 saturated heterocycles. The van der Waals surface area contributed by atoms with Gasteiger partial charge in [-0.05, 0) is 6.92 Å². The van der Waals surface area contributed by atoms with Crippen LogP contribution in [0.4, 0.5) is 5.95 Å². The number of aromatic nitrogens is 2. The maximum Gasteiger partial charge on any atom is 0.216 e. The van der Waals surface area contributed by atoms with E-state index in [4.69, 9.17) is 0 Å². The number of rotatable bonds is 4. The predicted octanol–water partition coefficient (Wildman–Crippen LogP) is 0.369. The number of hydrogen-bond donors (Lipinski definition) is 2. The van der Waals surface area contributed by atoms with Gasteiger partial charge in [-0.15, -0.1) is 0 Å². The zero-order valence-electron chi connectivity index (χ0n) is 8.79. The second-order valence-electron chi connectivity index (χ2n) is 3.13. The highest BCUT2D eigenvalue weighted by Gasteiger charge is 2.02. The standard InChI is InChI=1S/C9H16N4O/c1-7-6-13(9(10-3)12-7)5-4-11-8(2)14/h6H,4-5H2,1-3H3,(H,10,12)(H,11,14). The molecule has 0 aromatic carbocycles. The molecule has 0 saturated carbocycles. The Balaban J connectivity index is 2.52. The third-order valence-electron chi connectivity index (χ3n) is 1.85. The number of nitrogens with zero attached hydrogens (tertiary/aromatic N) is 2. The number of hydrogen-bond acceptors (Lipinski definition) is 3. The fourth-order valence-corrected chi connectivity index (χ4v) is 1.27. The molecule has 5 heteroatoms. The molecule has 0 fully saturated rings. The van der Waals surface area contributed by atoms with Crippen molar-refractivity contribution in [1.29, 1.82) is 0 Å². The van der Waals surface area contributed by atoms with E-state index in [1.807, 2.05) is 24.7 Å². The van der Waals surface area contributed by atoms with Crippen molar-refractivity contribution in [1.82, 2.24) is 14.9 Å². The highest BCUT2D eigenvalue weighted by atomic mass is 16.1. The van der Waals surface area contributed by atoms with Gasteiger partial charge in [0.15, 0.2) is 0 Å². The van der Waals surface area contributed by atoms with Crippen LogP contribution in [0.1, 0.15) is 12.6 Å². The fraction of sp³-hybridized carbons (Fsp3) is 0.556. The SMILES string of the molecule is CNc1nc(C)cn1CCNC(C)=O. The van der Waals surface area contributed by atoms with Crippen LogP contribution in [0, 0.1) is 6.92 Å². The Morgan fingerprint density at radius 2 is 2.36 bits per heavy atom. The summed E-state index contributed by atoms with van der Waals surface area (Å²) in [4.78, 5) is 14.9. The lowest BCUT2D eigenvalue weighted by molar-refractivity contribution is -0.118. The third-order valence-corrected chi connectivity index (χ3v) is 1.85. The number of carbonyl (C=O) groups excluding carboxylic acids is 1. The number of aryl methyl sites for hydroxylation is 1. The second kappa shape index (κ2) is 4.64. The molecule has 0 aliphatic rings. The van der Waals surface area contributed by atoms with Gasteiger partial charge in [-0.1, -0.05) is 0 Å². The summed E-state index contributed by atoms with van der Waals surface area (Å²) >= 11 is 0. The molecule has 1 heterocycles. The highest BCUT2D eigenvalue weighted by molar-refractivity contribution is 5.72. The third kappa shape index (κ3) is 2.76. The molecule has 1 rings (SSSR count). The van der Waals surface area contributed by atoms with Crippen molar-refractivity contribution in [2.45, 2.75) is 20.4 Å². The number of carbonyl (C=O) groups is 1. The zero-order chi connectivity index (χ0) is 10.6. The molecule has 0 unspecified atom stereocenters. The molecule has 78 valence electrons. The molecular weight excluding hydrogens is 180 g/mol. The number of amides is 1. The summed E-state index contributed by atoms with van der Waals surface area (Å²) in [6, 6.07) is 0. The van der Waals surface area contributed by atoms with E-state index in [2.05, 4.69) is 15.6 Å². The van der Waals surface area contributed by atoms with E-state index in [0.29, 0.717) is 6.54 Å². The molecule has 0 atom stereocenters. The maximum atomic E-state index is 10.6. The molecular formula is C9H16N4O. The van der Waals surface area contributed by atoms with Crippen LogP contribution in [0.25, 0.3) is 0 Å². The number of nitrogens with one attached hydrogen (secondary N) is 2. The lowest BCUT2D eigenvalue weighted by Crippen LogP contribution is -2.24. The van der Waals surface area contributed by atoms with Gasteiger partial charge in [0.2, 0.25) is 11.9 Å². The monoisotopic (exact) mass is 196 g/mol. The molecule has 2 N–H and O–H groups in total. The molecule has 14 heavy (non-hydrogen) atoms. The van der Waals surface area contributed by atoms with Gasteiger partial charge in [0, 0.05) is 33.3 Å². The lowest BCUT2D eigenvalue weighted by Gasteiger charge is -2.06. The molecule has 0 radical (unpaired) electrons. The van der Waals surface area contributed by atoms with E-state index < -0.39 is 0 Å². The van der Waals surface area contributed by atoms with E-state index in [-0.39, 0.29) is 5.91 Å². The number of imidazole rings is 1. The van der Waals surface area contributed by atoms with Crippen LogP contribution in [-0.2, 0) is 11.3 Å². The fourth-order valence-electron chi connectivity index (χ4n) is 1.27. The summed E-state index contributed by atoms with van der Waals surface area (Å²) in [6.45, 7) is 4.81. The Bertz CT molecular complexity index is 319. The predicted molar refractivity (Wildman–Crippen MR) is 55.2 cm³/mol. The molecule has 0 aliphatic heterocycles. The van der Waals surface area contributed by atoms with Crippen LogP contribution in [0.5, 0.6) is 0 Å². The summed E-state index contributed by atoms with van der Waals surface area (Å²) < 4.78 is 1.98. The van der Waals surface area contributed by atoms with Gasteiger partial charge in [0.05, 0.1) is 5.69 Å². The first kappa shape index (κ1) is 10.6. The minimum Gasteiger partial charge on any atom is -0.359 e. The molecule has 0 spiro atoms. The summed E-state index contributed by atoms with van der Waals surface area (Å²) in [5.41, 5.74) is 0.970. The van der Waals surface area contributed by atoms with Crippen molar-refractivity contribution in [3.8, 4) is 0 Å². The first-order valence-corrected chi connectivity index (χ1v) is 4.59. The van der Waals surface area contributed by atoms with Crippen molar-refractivity contribution in [2.75, 3.05) is 18.9 Å². The van der Waals surface area contributed by atoms with Crippen LogP contribution < -0.4 is 10.6 Å². The van der Waals surface area contributed by atoms with Crippen molar-refractivity contribution >= 4 is 11.9 Å². The van der Waals surface area contributed by atoms with Gasteiger partial charge in [-0.25, -0.2) is 4.98 Å². The van der Waals surface area contributed by atoms with Crippen LogP contribution in [0.2, 0.25) is 0 Å². The Hall–Kier alpha value is -1.52. The average molecular weight is 196 g/mol. The smallest absolute Gasteiger partial charge is 0.216 e. The van der Waals surface area contributed by atoms with Gasteiger partial charge >= 0.3 is 0 Å². The van der Waals surface area contributed by atoms with Crippen LogP contribution in [-0.4, -0.2) is 29.1 Å². The van der Waals surface area contributed by atoms with Crippen molar-refractivity contribution in [2.24, 2.45) is 0 Å². The first-order valence-electron chi connectivity index (χ1n) is 4.59. The van der Waals surface area contributed by atoms with Crippen molar-refractivity contribution in [3.63, 3.8) is 0 Å². The van der Waals surface area contributed by atoms with Gasteiger partial charge in [-0.3, -0.25) is 4.79 Å². The molecule has 1 aromatic rings. The molecule has 0 aliphatic carbocycles. The van der Waals surface area contributed by atoms with E-state index in [9.17, 15) is 4.79 Å². The Labute approximate surface area is 83.5 Å². The van der Waals surface area contributed by atoms with Gasteiger partial charge < -0.3 is 15.2 Å². The largest absolute Gasteiger partial charge is 0.359 e. The highest BCUT2D eigenvalue weighted by Crippen LogP contribution is 2.06. The topological polar surface area (TPSA) is 59.0 Å². The van der Waals surface area contributed by atoms with Gasteiger partial charge in [0.25, 0.3) is 0 Å². The minimum atomic E-state index is -0.00663. The zero-order valence-corrected chi connectivity index (χ0v) is 8.79. The van der Waals surface area contributed by atoms with Crippen molar-refractivity contribution < 1.29 is 4.79 Å². The quantitative estimate of drug-likeness (QED) is 0.731. The van der Waals surface area contributed by atoms with E-state index in [0.717, 1.165) is 18.2 Å². The lowest BCUT2D eigenvalue weighted by atomic mass is 10.5. The Morgan fingerprint density at radius 3 is 2.93 bits per heavy atom. The Morgan fingerprint density at radius 1 is 1.64 bits per heavy atom. The summed E-state index contributed by atoms with van der Waals surface area (Å²) in [7, 11) is 1.83. The molecule has 5 nitrogen and oxygen atoms in total. The second-order valence-corrected chi connectivity index (χ2v) is 3.13. The van der Waals surface area contributed by atoms with Gasteiger partial charge in [0.1, 0.15) is 0 Å². The normalized spacial score (nSPS) is 9.93. The van der Waals surface area contributed by atoms with Crippen LogP contribution >= 0.6 is 0 Å². The minimum absolute atomic E-state index is 0.00663. The summed E-state index contributed by atoms with van der Waals surface area (Å²) in [6.07, 6.45) is 1.95. The average Bonchev–Trinajstić information content (AvgIpc) is 2.45. The van der Waals surface area contributed by atoms with Crippen LogP contribution in [0.15, 0.2) is 6.20 Å².